The molecule has 1 heteroatoms. The summed E-state index contributed by atoms with van der Waals surface area (Å²) < 4.78 is 0. The monoisotopic (exact) mass is 202 g/mol. The van der Waals surface area contributed by atoms with E-state index < -0.39 is 0 Å². The molecule has 0 aromatic rings. The molecule has 0 nitrogen and oxygen atoms in total. The van der Waals surface area contributed by atoms with Gasteiger partial charge in [0.1, 0.15) is 0 Å². The fraction of sp³-hybridized carbons (Fsp3) is 1.00. The van der Waals surface area contributed by atoms with Crippen LogP contribution in [0.15, 0.2) is 0 Å². The van der Waals surface area contributed by atoms with E-state index in [-0.39, 0.29) is 0 Å². The Morgan fingerprint density at radius 2 is 1.54 bits per heavy atom. The highest BCUT2D eigenvalue weighted by Crippen LogP contribution is 2.42. The van der Waals surface area contributed by atoms with Gasteiger partial charge < -0.3 is 0 Å². The second kappa shape index (κ2) is 4.72. The first-order valence-electron chi connectivity index (χ1n) is 5.39. The summed E-state index contributed by atoms with van der Waals surface area (Å²) in [6.07, 6.45) is 3.70. The maximum absolute atomic E-state index is 4.64. The van der Waals surface area contributed by atoms with Crippen molar-refractivity contribution in [1.82, 2.24) is 0 Å². The average Bonchev–Trinajstić information content (AvgIpc) is 1.83. The van der Waals surface area contributed by atoms with Gasteiger partial charge >= 0.3 is 0 Å². The van der Waals surface area contributed by atoms with Crippen molar-refractivity contribution in [3.05, 3.63) is 0 Å². The predicted octanol–water partition coefficient (Wildman–Crippen LogP) is 4.55. The van der Waals surface area contributed by atoms with Crippen LogP contribution in [-0.4, -0.2) is 5.25 Å². The molecule has 0 saturated carbocycles. The van der Waals surface area contributed by atoms with Gasteiger partial charge in [-0.05, 0) is 23.7 Å². The molecule has 0 aliphatic rings. The summed E-state index contributed by atoms with van der Waals surface area (Å²) in [5, 5.41) is 0.569. The zero-order valence-corrected chi connectivity index (χ0v) is 11.0. The Morgan fingerprint density at radius 3 is 1.85 bits per heavy atom. The topological polar surface area (TPSA) is 0 Å². The summed E-state index contributed by atoms with van der Waals surface area (Å²) in [7, 11) is 0. The summed E-state index contributed by atoms with van der Waals surface area (Å²) in [6, 6.07) is 0. The van der Waals surface area contributed by atoms with Crippen LogP contribution in [0.3, 0.4) is 0 Å². The maximum Gasteiger partial charge on any atom is 0.00219 e. The first-order chi connectivity index (χ1) is 5.70. The second-order valence-electron chi connectivity index (χ2n) is 5.78. The van der Waals surface area contributed by atoms with Crippen LogP contribution in [0.2, 0.25) is 0 Å². The molecule has 0 fully saturated rings. The molecule has 0 spiro atoms. The van der Waals surface area contributed by atoms with Gasteiger partial charge in [-0.15, -0.1) is 0 Å². The summed E-state index contributed by atoms with van der Waals surface area (Å²) >= 11 is 4.64. The third-order valence-electron chi connectivity index (χ3n) is 3.40. The Balaban J connectivity index is 4.17. The molecular formula is C12H26S. The van der Waals surface area contributed by atoms with E-state index in [0.717, 1.165) is 0 Å². The molecule has 0 aromatic heterocycles. The van der Waals surface area contributed by atoms with Crippen LogP contribution in [0.25, 0.3) is 0 Å². The highest BCUT2D eigenvalue weighted by atomic mass is 32.1. The fourth-order valence-corrected chi connectivity index (χ4v) is 2.05. The number of rotatable bonds is 4. The lowest BCUT2D eigenvalue weighted by Crippen LogP contribution is -2.32. The van der Waals surface area contributed by atoms with Crippen LogP contribution >= 0.6 is 12.6 Å². The molecule has 0 aliphatic carbocycles. The summed E-state index contributed by atoms with van der Waals surface area (Å²) in [4.78, 5) is 0. The lowest BCUT2D eigenvalue weighted by atomic mass is 9.66. The van der Waals surface area contributed by atoms with E-state index in [1.807, 2.05) is 0 Å². The van der Waals surface area contributed by atoms with Gasteiger partial charge in [0.15, 0.2) is 0 Å². The third kappa shape index (κ3) is 4.39. The van der Waals surface area contributed by atoms with E-state index in [1.165, 1.54) is 19.3 Å². The lowest BCUT2D eigenvalue weighted by Gasteiger charge is -2.40. The molecule has 0 saturated heterocycles. The smallest absolute Gasteiger partial charge is 0.00219 e. The van der Waals surface area contributed by atoms with Crippen molar-refractivity contribution in [2.75, 3.05) is 0 Å². The minimum absolute atomic E-state index is 0.377. The fourth-order valence-electron chi connectivity index (χ4n) is 1.33. The van der Waals surface area contributed by atoms with Gasteiger partial charge in [-0.3, -0.25) is 0 Å². The highest BCUT2D eigenvalue weighted by molar-refractivity contribution is 7.80. The van der Waals surface area contributed by atoms with Crippen molar-refractivity contribution in [2.45, 2.75) is 66.1 Å². The normalized spacial score (nSPS) is 15.9. The largest absolute Gasteiger partial charge is 0.176 e. The molecule has 1 unspecified atom stereocenters. The SMILES string of the molecule is CCCC(S)CC(C)(C)C(C)(C)C. The van der Waals surface area contributed by atoms with E-state index in [2.05, 4.69) is 54.2 Å². The molecule has 0 rings (SSSR count). The van der Waals surface area contributed by atoms with Gasteiger partial charge in [-0.2, -0.15) is 12.6 Å². The molecule has 0 aromatic carbocycles. The van der Waals surface area contributed by atoms with Crippen molar-refractivity contribution < 1.29 is 0 Å². The Morgan fingerprint density at radius 1 is 1.08 bits per heavy atom. The average molecular weight is 202 g/mol. The minimum Gasteiger partial charge on any atom is -0.176 e. The van der Waals surface area contributed by atoms with E-state index in [1.54, 1.807) is 0 Å². The zero-order chi connectivity index (χ0) is 10.7. The van der Waals surface area contributed by atoms with Crippen LogP contribution in [-0.2, 0) is 0 Å². The van der Waals surface area contributed by atoms with E-state index in [4.69, 9.17) is 0 Å². The van der Waals surface area contributed by atoms with Crippen LogP contribution in [0, 0.1) is 10.8 Å². The van der Waals surface area contributed by atoms with Crippen molar-refractivity contribution in [3.63, 3.8) is 0 Å². The summed E-state index contributed by atoms with van der Waals surface area (Å²) in [5.41, 5.74) is 0.760. The molecule has 0 heterocycles. The van der Waals surface area contributed by atoms with Crippen LogP contribution in [0.4, 0.5) is 0 Å². The van der Waals surface area contributed by atoms with Crippen molar-refractivity contribution in [2.24, 2.45) is 10.8 Å². The molecule has 13 heavy (non-hydrogen) atoms. The summed E-state index contributed by atoms with van der Waals surface area (Å²) in [6.45, 7) is 13.9. The molecule has 0 aliphatic heterocycles. The van der Waals surface area contributed by atoms with Gasteiger partial charge in [-0.1, -0.05) is 48.0 Å². The molecule has 0 radical (unpaired) electrons. The molecule has 0 amide bonds. The predicted molar refractivity (Wildman–Crippen MR) is 65.5 cm³/mol. The van der Waals surface area contributed by atoms with E-state index in [0.29, 0.717) is 16.1 Å². The minimum atomic E-state index is 0.377. The van der Waals surface area contributed by atoms with Crippen LogP contribution in [0.1, 0.15) is 60.8 Å². The molecule has 0 bridgehead atoms. The molecule has 0 N–H and O–H groups in total. The van der Waals surface area contributed by atoms with Gasteiger partial charge in [-0.25, -0.2) is 0 Å². The van der Waals surface area contributed by atoms with Crippen LogP contribution < -0.4 is 0 Å². The Kier molecular flexibility index (Phi) is 4.85. The maximum atomic E-state index is 4.64. The lowest BCUT2D eigenvalue weighted by molar-refractivity contribution is 0.118. The standard InChI is InChI=1S/C12H26S/c1-7-8-10(13)9-12(5,6)11(2,3)4/h10,13H,7-9H2,1-6H3. The zero-order valence-electron chi connectivity index (χ0n) is 10.1. The Bertz CT molecular complexity index is 142. The molecule has 1 atom stereocenters. The van der Waals surface area contributed by atoms with Gasteiger partial charge in [0.2, 0.25) is 0 Å². The highest BCUT2D eigenvalue weighted by Gasteiger charge is 2.33. The molecular weight excluding hydrogens is 176 g/mol. The van der Waals surface area contributed by atoms with Gasteiger partial charge in [0.25, 0.3) is 0 Å². The van der Waals surface area contributed by atoms with E-state index in [9.17, 15) is 0 Å². The molecule has 80 valence electrons. The number of hydrogen-bond acceptors (Lipinski definition) is 1. The second-order valence-corrected chi connectivity index (χ2v) is 6.51. The van der Waals surface area contributed by atoms with Crippen molar-refractivity contribution in [1.29, 1.82) is 0 Å². The van der Waals surface area contributed by atoms with Gasteiger partial charge in [0, 0.05) is 5.25 Å². The number of hydrogen-bond donors (Lipinski definition) is 1. The van der Waals surface area contributed by atoms with E-state index >= 15 is 0 Å². The van der Waals surface area contributed by atoms with Crippen molar-refractivity contribution in [3.8, 4) is 0 Å². The third-order valence-corrected chi connectivity index (χ3v) is 3.84. The quantitative estimate of drug-likeness (QED) is 0.635. The Labute approximate surface area is 89.9 Å². The first-order valence-corrected chi connectivity index (χ1v) is 5.90. The summed E-state index contributed by atoms with van der Waals surface area (Å²) in [5.74, 6) is 0. The van der Waals surface area contributed by atoms with Crippen LogP contribution in [0.5, 0.6) is 0 Å². The Hall–Kier alpha value is 0.350. The number of thiol groups is 1. The first kappa shape index (κ1) is 13.4. The van der Waals surface area contributed by atoms with Crippen molar-refractivity contribution >= 4 is 12.6 Å². The van der Waals surface area contributed by atoms with Gasteiger partial charge in [0.05, 0.1) is 0 Å².